The highest BCUT2D eigenvalue weighted by Crippen LogP contribution is 2.29. The number of benzene rings is 1. The van der Waals surface area contributed by atoms with Gasteiger partial charge in [0, 0.05) is 18.3 Å². The highest BCUT2D eigenvalue weighted by atomic mass is 16.4. The van der Waals surface area contributed by atoms with Crippen molar-refractivity contribution in [1.29, 1.82) is 0 Å². The van der Waals surface area contributed by atoms with Gasteiger partial charge in [-0.2, -0.15) is 0 Å². The van der Waals surface area contributed by atoms with Crippen molar-refractivity contribution in [3.05, 3.63) is 29.8 Å². The molecule has 4 heteroatoms. The first-order valence-electron chi connectivity index (χ1n) is 6.67. The van der Waals surface area contributed by atoms with Crippen LogP contribution in [0.4, 0.5) is 0 Å². The molecule has 0 unspecified atom stereocenters. The number of aliphatic imine (C=N–C) groups is 1. The van der Waals surface area contributed by atoms with Crippen molar-refractivity contribution >= 4 is 12.2 Å². The zero-order chi connectivity index (χ0) is 13.7. The fourth-order valence-electron chi connectivity index (χ4n) is 2.49. The Hall–Kier alpha value is -1.84. The van der Waals surface area contributed by atoms with Crippen LogP contribution in [0.3, 0.4) is 0 Å². The Balaban J connectivity index is 1.81. The summed E-state index contributed by atoms with van der Waals surface area (Å²) in [5.74, 6) is -0.131. The van der Waals surface area contributed by atoms with Crippen molar-refractivity contribution in [3.8, 4) is 5.75 Å². The molecule has 0 aromatic heterocycles. The Morgan fingerprint density at radius 3 is 2.58 bits per heavy atom. The van der Waals surface area contributed by atoms with Gasteiger partial charge in [0.1, 0.15) is 5.75 Å². The topological polar surface area (TPSA) is 69.9 Å². The lowest BCUT2D eigenvalue weighted by Crippen LogP contribution is -2.22. The summed E-state index contributed by atoms with van der Waals surface area (Å²) >= 11 is 0. The van der Waals surface area contributed by atoms with Gasteiger partial charge in [-0.1, -0.05) is 12.1 Å². The minimum Gasteiger partial charge on any atom is -0.507 e. The van der Waals surface area contributed by atoms with Crippen molar-refractivity contribution in [2.45, 2.75) is 25.7 Å². The van der Waals surface area contributed by atoms with Crippen LogP contribution in [0.25, 0.3) is 0 Å². The van der Waals surface area contributed by atoms with Crippen LogP contribution in [0.5, 0.6) is 5.75 Å². The predicted molar refractivity (Wildman–Crippen MR) is 73.7 cm³/mol. The van der Waals surface area contributed by atoms with E-state index < -0.39 is 5.97 Å². The van der Waals surface area contributed by atoms with Gasteiger partial charge in [-0.3, -0.25) is 9.79 Å². The summed E-state index contributed by atoms with van der Waals surface area (Å²) in [6.45, 7) is 0.709. The second kappa shape index (κ2) is 6.36. The number of carboxylic acids is 1. The van der Waals surface area contributed by atoms with Crippen molar-refractivity contribution in [3.63, 3.8) is 0 Å². The number of para-hydroxylation sites is 1. The molecule has 0 saturated heterocycles. The average molecular weight is 261 g/mol. The third kappa shape index (κ3) is 3.81. The van der Waals surface area contributed by atoms with E-state index in [0.717, 1.165) is 31.2 Å². The van der Waals surface area contributed by atoms with Gasteiger partial charge in [0.15, 0.2) is 0 Å². The summed E-state index contributed by atoms with van der Waals surface area (Å²) in [5, 5.41) is 18.5. The van der Waals surface area contributed by atoms with Crippen LogP contribution in [0, 0.1) is 11.8 Å². The zero-order valence-corrected chi connectivity index (χ0v) is 10.8. The highest BCUT2D eigenvalue weighted by Gasteiger charge is 2.25. The van der Waals surface area contributed by atoms with Gasteiger partial charge in [0.05, 0.1) is 5.92 Å². The number of phenols is 1. The Kier molecular flexibility index (Phi) is 4.55. The molecule has 1 aliphatic rings. The van der Waals surface area contributed by atoms with Crippen LogP contribution < -0.4 is 0 Å². The molecule has 102 valence electrons. The zero-order valence-electron chi connectivity index (χ0n) is 10.8. The SMILES string of the molecule is O=C(O)C1CCC(CN=Cc2ccccc2O)CC1. The lowest BCUT2D eigenvalue weighted by atomic mass is 9.82. The number of carboxylic acid groups (broad SMARTS) is 1. The molecule has 0 heterocycles. The Morgan fingerprint density at radius 1 is 1.26 bits per heavy atom. The van der Waals surface area contributed by atoms with E-state index in [2.05, 4.69) is 4.99 Å². The van der Waals surface area contributed by atoms with Crippen molar-refractivity contribution in [2.24, 2.45) is 16.8 Å². The quantitative estimate of drug-likeness (QED) is 0.819. The fourth-order valence-corrected chi connectivity index (χ4v) is 2.49. The number of nitrogens with zero attached hydrogens (tertiary/aromatic N) is 1. The number of hydrogen-bond donors (Lipinski definition) is 2. The normalized spacial score (nSPS) is 23.6. The van der Waals surface area contributed by atoms with E-state index in [1.807, 2.05) is 12.1 Å². The third-order valence-electron chi connectivity index (χ3n) is 3.73. The molecule has 0 atom stereocenters. The first-order valence-corrected chi connectivity index (χ1v) is 6.67. The molecule has 1 aromatic carbocycles. The molecule has 1 fully saturated rings. The second-order valence-corrected chi connectivity index (χ2v) is 5.11. The molecule has 0 aliphatic heterocycles. The Bertz CT molecular complexity index is 462. The summed E-state index contributed by atoms with van der Waals surface area (Å²) in [6, 6.07) is 7.10. The van der Waals surface area contributed by atoms with Crippen LogP contribution in [0.15, 0.2) is 29.3 Å². The molecule has 2 rings (SSSR count). The van der Waals surface area contributed by atoms with E-state index in [9.17, 15) is 9.90 Å². The lowest BCUT2D eigenvalue weighted by molar-refractivity contribution is -0.143. The van der Waals surface area contributed by atoms with Crippen LogP contribution in [0.2, 0.25) is 0 Å². The largest absolute Gasteiger partial charge is 0.507 e. The maximum atomic E-state index is 10.8. The predicted octanol–water partition coefficient (Wildman–Crippen LogP) is 2.70. The summed E-state index contributed by atoms with van der Waals surface area (Å²) in [6.07, 6.45) is 5.06. The lowest BCUT2D eigenvalue weighted by Gasteiger charge is -2.24. The Morgan fingerprint density at radius 2 is 1.95 bits per heavy atom. The number of carbonyl (C=O) groups is 1. The minimum atomic E-state index is -0.670. The monoisotopic (exact) mass is 261 g/mol. The molecule has 0 radical (unpaired) electrons. The Labute approximate surface area is 112 Å². The molecule has 1 saturated carbocycles. The van der Waals surface area contributed by atoms with Crippen LogP contribution >= 0.6 is 0 Å². The smallest absolute Gasteiger partial charge is 0.306 e. The van der Waals surface area contributed by atoms with Crippen LogP contribution in [0.1, 0.15) is 31.2 Å². The maximum absolute atomic E-state index is 10.8. The van der Waals surface area contributed by atoms with Crippen molar-refractivity contribution in [1.82, 2.24) is 0 Å². The molecule has 0 amide bonds. The fraction of sp³-hybridized carbons (Fsp3) is 0.467. The standard InChI is InChI=1S/C15H19NO3/c17-14-4-2-1-3-13(14)10-16-9-11-5-7-12(8-6-11)15(18)19/h1-4,10-12,17H,5-9H2,(H,18,19). The average Bonchev–Trinajstić information content (AvgIpc) is 2.41. The number of aliphatic carboxylic acids is 1. The van der Waals surface area contributed by atoms with Gasteiger partial charge >= 0.3 is 5.97 Å². The third-order valence-corrected chi connectivity index (χ3v) is 3.73. The summed E-state index contributed by atoms with van der Waals surface area (Å²) < 4.78 is 0. The first-order chi connectivity index (χ1) is 9.16. The van der Waals surface area contributed by atoms with E-state index in [1.54, 1.807) is 18.3 Å². The van der Waals surface area contributed by atoms with Gasteiger partial charge in [0.2, 0.25) is 0 Å². The number of phenolic OH excluding ortho intramolecular Hbond substituents is 1. The first kappa shape index (κ1) is 13.6. The molecule has 19 heavy (non-hydrogen) atoms. The molecule has 1 aliphatic carbocycles. The number of rotatable bonds is 4. The second-order valence-electron chi connectivity index (χ2n) is 5.11. The van der Waals surface area contributed by atoms with Crippen LogP contribution in [-0.2, 0) is 4.79 Å². The van der Waals surface area contributed by atoms with Gasteiger partial charge in [-0.25, -0.2) is 0 Å². The molecule has 4 nitrogen and oxygen atoms in total. The molecule has 1 aromatic rings. The summed E-state index contributed by atoms with van der Waals surface area (Å²) in [5.41, 5.74) is 0.724. The van der Waals surface area contributed by atoms with Gasteiger partial charge < -0.3 is 10.2 Å². The molecule has 0 bridgehead atoms. The van der Waals surface area contributed by atoms with E-state index in [1.165, 1.54) is 0 Å². The minimum absolute atomic E-state index is 0.168. The van der Waals surface area contributed by atoms with Crippen LogP contribution in [-0.4, -0.2) is 28.9 Å². The summed E-state index contributed by atoms with van der Waals surface area (Å²) in [4.78, 5) is 15.2. The molecular weight excluding hydrogens is 242 g/mol. The van der Waals surface area contributed by atoms with E-state index in [-0.39, 0.29) is 11.7 Å². The van der Waals surface area contributed by atoms with Gasteiger partial charge in [0.25, 0.3) is 0 Å². The van der Waals surface area contributed by atoms with E-state index in [0.29, 0.717) is 12.5 Å². The van der Waals surface area contributed by atoms with E-state index >= 15 is 0 Å². The molecule has 2 N–H and O–H groups in total. The number of aromatic hydroxyl groups is 1. The summed E-state index contributed by atoms with van der Waals surface area (Å²) in [7, 11) is 0. The number of hydrogen-bond acceptors (Lipinski definition) is 3. The highest BCUT2D eigenvalue weighted by molar-refractivity contribution is 5.83. The van der Waals surface area contributed by atoms with Crippen molar-refractivity contribution in [2.75, 3.05) is 6.54 Å². The molecular formula is C15H19NO3. The van der Waals surface area contributed by atoms with Gasteiger partial charge in [-0.05, 0) is 43.7 Å². The van der Waals surface area contributed by atoms with Gasteiger partial charge in [-0.15, -0.1) is 0 Å². The van der Waals surface area contributed by atoms with Crippen molar-refractivity contribution < 1.29 is 15.0 Å². The maximum Gasteiger partial charge on any atom is 0.306 e. The van der Waals surface area contributed by atoms with E-state index in [4.69, 9.17) is 5.11 Å². The molecule has 0 spiro atoms.